The molecule has 0 aromatic rings. The van der Waals surface area contributed by atoms with Gasteiger partial charge in [-0.1, -0.05) is 0 Å². The van der Waals surface area contributed by atoms with Gasteiger partial charge < -0.3 is 10.1 Å². The smallest absolute Gasteiger partial charge is 0.0751 e. The van der Waals surface area contributed by atoms with Crippen molar-refractivity contribution in [2.45, 2.75) is 37.8 Å². The van der Waals surface area contributed by atoms with Crippen molar-refractivity contribution in [3.8, 4) is 0 Å². The molecular weight excluding hydrogens is 126 g/mol. The van der Waals surface area contributed by atoms with Gasteiger partial charge in [-0.25, -0.2) is 0 Å². The summed E-state index contributed by atoms with van der Waals surface area (Å²) in [5, 5.41) is 3.53. The molecule has 0 bridgehead atoms. The lowest BCUT2D eigenvalue weighted by Crippen LogP contribution is -2.52. The second-order valence-corrected chi connectivity index (χ2v) is 4.18. The van der Waals surface area contributed by atoms with Crippen LogP contribution in [0.4, 0.5) is 0 Å². The third-order valence-corrected chi connectivity index (χ3v) is 2.48. The predicted octanol–water partition coefficient (Wildman–Crippen LogP) is 0.917. The molecule has 10 heavy (non-hydrogen) atoms. The topological polar surface area (TPSA) is 21.3 Å². The van der Waals surface area contributed by atoms with Crippen LogP contribution in [0, 0.1) is 0 Å². The lowest BCUT2D eigenvalue weighted by atomic mass is 10.1. The second kappa shape index (κ2) is 1.74. The van der Waals surface area contributed by atoms with Crippen LogP contribution in [0.5, 0.6) is 0 Å². The number of nitrogens with one attached hydrogen (secondary N) is 1. The zero-order valence-corrected chi connectivity index (χ0v) is 6.74. The monoisotopic (exact) mass is 141 g/mol. The molecule has 0 radical (unpaired) electrons. The van der Waals surface area contributed by atoms with Crippen molar-refractivity contribution in [3.63, 3.8) is 0 Å². The van der Waals surface area contributed by atoms with E-state index in [4.69, 9.17) is 4.74 Å². The average Bonchev–Trinajstić information content (AvgIpc) is 2.60. The fourth-order valence-corrected chi connectivity index (χ4v) is 1.31. The van der Waals surface area contributed by atoms with E-state index >= 15 is 0 Å². The first kappa shape index (κ1) is 6.62. The summed E-state index contributed by atoms with van der Waals surface area (Å²) in [6.07, 6.45) is 2.62. The molecule has 0 aromatic carbocycles. The van der Waals surface area contributed by atoms with Crippen molar-refractivity contribution in [1.29, 1.82) is 0 Å². The zero-order chi connectivity index (χ0) is 7.24. The van der Waals surface area contributed by atoms with E-state index in [-0.39, 0.29) is 5.60 Å². The van der Waals surface area contributed by atoms with Crippen LogP contribution in [0.1, 0.15) is 26.7 Å². The van der Waals surface area contributed by atoms with E-state index in [1.54, 1.807) is 0 Å². The van der Waals surface area contributed by atoms with Crippen molar-refractivity contribution >= 4 is 0 Å². The first-order valence-corrected chi connectivity index (χ1v) is 4.01. The number of hydrogen-bond donors (Lipinski definition) is 1. The highest BCUT2D eigenvalue weighted by Gasteiger charge is 2.47. The SMILES string of the molecule is CC1(C)CNC2(CC2)CO1. The van der Waals surface area contributed by atoms with E-state index in [1.807, 2.05) is 0 Å². The molecule has 1 heterocycles. The summed E-state index contributed by atoms with van der Waals surface area (Å²) in [5.74, 6) is 0. The molecule has 58 valence electrons. The Morgan fingerprint density at radius 2 is 2.00 bits per heavy atom. The number of morpholine rings is 1. The molecular formula is C8H15NO. The minimum absolute atomic E-state index is 0.0633. The Bertz CT molecular complexity index is 131. The largest absolute Gasteiger partial charge is 0.372 e. The van der Waals surface area contributed by atoms with Crippen LogP contribution < -0.4 is 5.32 Å². The third kappa shape index (κ3) is 1.06. The van der Waals surface area contributed by atoms with E-state index in [9.17, 15) is 0 Å². The van der Waals surface area contributed by atoms with Gasteiger partial charge in [0.2, 0.25) is 0 Å². The highest BCUT2D eigenvalue weighted by molar-refractivity contribution is 5.05. The molecule has 2 aliphatic rings. The fraction of sp³-hybridized carbons (Fsp3) is 1.00. The van der Waals surface area contributed by atoms with E-state index in [1.165, 1.54) is 12.8 Å². The maximum atomic E-state index is 5.68. The van der Waals surface area contributed by atoms with Crippen molar-refractivity contribution < 1.29 is 4.74 Å². The molecule has 1 saturated heterocycles. The molecule has 1 aliphatic heterocycles. The van der Waals surface area contributed by atoms with E-state index in [0.717, 1.165) is 13.2 Å². The zero-order valence-electron chi connectivity index (χ0n) is 6.74. The van der Waals surface area contributed by atoms with E-state index < -0.39 is 0 Å². The molecule has 0 unspecified atom stereocenters. The Morgan fingerprint density at radius 3 is 2.40 bits per heavy atom. The van der Waals surface area contributed by atoms with Gasteiger partial charge in [-0.15, -0.1) is 0 Å². The minimum Gasteiger partial charge on any atom is -0.372 e. The lowest BCUT2D eigenvalue weighted by molar-refractivity contribution is -0.0639. The van der Waals surface area contributed by atoms with Gasteiger partial charge in [-0.3, -0.25) is 0 Å². The number of hydrogen-bond acceptors (Lipinski definition) is 2. The van der Waals surface area contributed by atoms with Gasteiger partial charge in [0.25, 0.3) is 0 Å². The highest BCUT2D eigenvalue weighted by Crippen LogP contribution is 2.39. The summed E-state index contributed by atoms with van der Waals surface area (Å²) < 4.78 is 5.68. The van der Waals surface area contributed by atoms with Crippen LogP contribution in [0.3, 0.4) is 0 Å². The van der Waals surface area contributed by atoms with Crippen LogP contribution in [0.25, 0.3) is 0 Å². The number of rotatable bonds is 0. The number of ether oxygens (including phenoxy) is 1. The first-order valence-electron chi connectivity index (χ1n) is 4.01. The van der Waals surface area contributed by atoms with Gasteiger partial charge in [0.1, 0.15) is 0 Å². The molecule has 1 saturated carbocycles. The van der Waals surface area contributed by atoms with Crippen LogP contribution in [-0.2, 0) is 4.74 Å². The van der Waals surface area contributed by atoms with Gasteiger partial charge in [-0.2, -0.15) is 0 Å². The van der Waals surface area contributed by atoms with Crippen LogP contribution >= 0.6 is 0 Å². The van der Waals surface area contributed by atoms with Gasteiger partial charge in [-0.05, 0) is 26.7 Å². The molecule has 2 heteroatoms. The Morgan fingerprint density at radius 1 is 1.30 bits per heavy atom. The lowest BCUT2D eigenvalue weighted by Gasteiger charge is -2.36. The Hall–Kier alpha value is -0.0800. The molecule has 0 aromatic heterocycles. The molecule has 1 spiro atoms. The van der Waals surface area contributed by atoms with Gasteiger partial charge in [0.05, 0.1) is 12.2 Å². The Kier molecular flexibility index (Phi) is 1.15. The Labute approximate surface area is 61.9 Å². The van der Waals surface area contributed by atoms with Crippen molar-refractivity contribution in [2.24, 2.45) is 0 Å². The molecule has 0 amide bonds. The fourth-order valence-electron chi connectivity index (χ4n) is 1.31. The van der Waals surface area contributed by atoms with Gasteiger partial charge >= 0.3 is 0 Å². The summed E-state index contributed by atoms with van der Waals surface area (Å²) in [5.41, 5.74) is 0.476. The maximum Gasteiger partial charge on any atom is 0.0751 e. The molecule has 2 rings (SSSR count). The highest BCUT2D eigenvalue weighted by atomic mass is 16.5. The quantitative estimate of drug-likeness (QED) is 0.541. The van der Waals surface area contributed by atoms with Crippen molar-refractivity contribution in [2.75, 3.05) is 13.2 Å². The molecule has 1 N–H and O–H groups in total. The normalized spacial score (nSPS) is 34.2. The van der Waals surface area contributed by atoms with Gasteiger partial charge in [0.15, 0.2) is 0 Å². The summed E-state index contributed by atoms with van der Waals surface area (Å²) >= 11 is 0. The third-order valence-electron chi connectivity index (χ3n) is 2.48. The molecule has 1 aliphatic carbocycles. The molecule has 0 atom stereocenters. The molecule has 2 nitrogen and oxygen atoms in total. The molecule has 2 fully saturated rings. The maximum absolute atomic E-state index is 5.68. The minimum atomic E-state index is 0.0633. The van der Waals surface area contributed by atoms with Crippen LogP contribution in [0.15, 0.2) is 0 Å². The van der Waals surface area contributed by atoms with E-state index in [2.05, 4.69) is 19.2 Å². The van der Waals surface area contributed by atoms with Crippen molar-refractivity contribution in [3.05, 3.63) is 0 Å². The average molecular weight is 141 g/mol. The first-order chi connectivity index (χ1) is 4.62. The van der Waals surface area contributed by atoms with Crippen LogP contribution in [-0.4, -0.2) is 24.3 Å². The summed E-state index contributed by atoms with van der Waals surface area (Å²) in [6.45, 7) is 6.19. The van der Waals surface area contributed by atoms with Crippen molar-refractivity contribution in [1.82, 2.24) is 5.32 Å². The summed E-state index contributed by atoms with van der Waals surface area (Å²) in [7, 11) is 0. The van der Waals surface area contributed by atoms with Gasteiger partial charge in [0, 0.05) is 12.1 Å². The summed E-state index contributed by atoms with van der Waals surface area (Å²) in [4.78, 5) is 0. The Balaban J connectivity index is 1.95. The standard InChI is InChI=1S/C8H15NO/c1-7(2)5-9-8(3-4-8)6-10-7/h9H,3-6H2,1-2H3. The second-order valence-electron chi connectivity index (χ2n) is 4.18. The van der Waals surface area contributed by atoms with Crippen LogP contribution in [0.2, 0.25) is 0 Å². The predicted molar refractivity (Wildman–Crippen MR) is 40.0 cm³/mol. The van der Waals surface area contributed by atoms with E-state index in [0.29, 0.717) is 5.54 Å². The summed E-state index contributed by atoms with van der Waals surface area (Å²) in [6, 6.07) is 0.